The van der Waals surface area contributed by atoms with E-state index in [4.69, 9.17) is 9.47 Å². The zero-order valence-electron chi connectivity index (χ0n) is 14.3. The lowest BCUT2D eigenvalue weighted by Crippen LogP contribution is -2.36. The average molecular weight is 357 g/mol. The van der Waals surface area contributed by atoms with Crippen molar-refractivity contribution in [1.82, 2.24) is 0 Å². The first-order chi connectivity index (χ1) is 12.6. The molecule has 0 radical (unpaired) electrons. The number of rotatable bonds is 5. The molecule has 136 valence electrons. The van der Waals surface area contributed by atoms with Crippen molar-refractivity contribution < 1.29 is 19.2 Å². The molecule has 0 aromatic heterocycles. The average Bonchev–Trinajstić information content (AvgIpc) is 2.68. The molecule has 1 heterocycles. The number of amides is 1. The fourth-order valence-corrected chi connectivity index (χ4v) is 2.75. The quantitative estimate of drug-likeness (QED) is 0.653. The molecule has 0 aliphatic carbocycles. The molecule has 1 aliphatic rings. The van der Waals surface area contributed by atoms with E-state index in [9.17, 15) is 14.9 Å². The largest absolute Gasteiger partial charge is 0.497 e. The smallest absolute Gasteiger partial charge is 0.269 e. The van der Waals surface area contributed by atoms with Gasteiger partial charge in [-0.15, -0.1) is 0 Å². The minimum absolute atomic E-state index is 0.0584. The van der Waals surface area contributed by atoms with Crippen molar-refractivity contribution in [3.05, 3.63) is 58.1 Å². The Bertz CT molecular complexity index is 801. The molecule has 8 nitrogen and oxygen atoms in total. The molecular weight excluding hydrogens is 338 g/mol. The van der Waals surface area contributed by atoms with Crippen molar-refractivity contribution in [2.24, 2.45) is 0 Å². The van der Waals surface area contributed by atoms with E-state index in [1.165, 1.54) is 24.3 Å². The Labute approximate surface area is 150 Å². The van der Waals surface area contributed by atoms with Crippen LogP contribution in [0.2, 0.25) is 0 Å². The fourth-order valence-electron chi connectivity index (χ4n) is 2.75. The number of carbonyl (C=O) groups excluding carboxylic acids is 1. The van der Waals surface area contributed by atoms with Crippen molar-refractivity contribution >= 4 is 23.0 Å². The number of ether oxygens (including phenoxy) is 2. The van der Waals surface area contributed by atoms with Gasteiger partial charge in [0.05, 0.1) is 36.6 Å². The molecule has 0 bridgehead atoms. The first kappa shape index (κ1) is 17.7. The second-order valence-corrected chi connectivity index (χ2v) is 5.74. The lowest BCUT2D eigenvalue weighted by molar-refractivity contribution is -0.384. The number of carbonyl (C=O) groups is 1. The minimum atomic E-state index is -0.500. The van der Waals surface area contributed by atoms with Gasteiger partial charge in [-0.05, 0) is 24.3 Å². The predicted molar refractivity (Wildman–Crippen MR) is 97.1 cm³/mol. The van der Waals surface area contributed by atoms with Crippen LogP contribution in [0.15, 0.2) is 42.5 Å². The Morgan fingerprint density at radius 3 is 2.50 bits per heavy atom. The van der Waals surface area contributed by atoms with Crippen LogP contribution >= 0.6 is 0 Å². The molecule has 1 amide bonds. The number of nitrogens with zero attached hydrogens (tertiary/aromatic N) is 2. The van der Waals surface area contributed by atoms with E-state index in [1.54, 1.807) is 13.2 Å². The molecule has 2 aromatic carbocycles. The summed E-state index contributed by atoms with van der Waals surface area (Å²) in [5.41, 5.74) is 1.78. The number of hydrogen-bond acceptors (Lipinski definition) is 6. The van der Waals surface area contributed by atoms with Crippen molar-refractivity contribution in [2.75, 3.05) is 43.6 Å². The van der Waals surface area contributed by atoms with Gasteiger partial charge < -0.3 is 19.7 Å². The highest BCUT2D eigenvalue weighted by Gasteiger charge is 2.18. The van der Waals surface area contributed by atoms with Crippen LogP contribution < -0.4 is 15.0 Å². The molecular formula is C18H19N3O5. The van der Waals surface area contributed by atoms with Crippen LogP contribution in [0.1, 0.15) is 10.4 Å². The van der Waals surface area contributed by atoms with Gasteiger partial charge in [0.15, 0.2) is 0 Å². The number of benzene rings is 2. The van der Waals surface area contributed by atoms with Gasteiger partial charge in [0.2, 0.25) is 0 Å². The van der Waals surface area contributed by atoms with Crippen LogP contribution in [0.5, 0.6) is 5.75 Å². The number of hydrogen-bond donors (Lipinski definition) is 1. The molecule has 8 heteroatoms. The SMILES string of the molecule is COc1ccc(N2CCOCC2)c(NC(=O)c2ccc([N+](=O)[O-])cc2)c1. The van der Waals surface area contributed by atoms with E-state index in [-0.39, 0.29) is 11.6 Å². The molecule has 1 saturated heterocycles. The molecule has 1 fully saturated rings. The third kappa shape index (κ3) is 3.92. The Morgan fingerprint density at radius 2 is 1.88 bits per heavy atom. The van der Waals surface area contributed by atoms with Gasteiger partial charge in [0.1, 0.15) is 5.75 Å². The number of nitro groups is 1. The van der Waals surface area contributed by atoms with Gasteiger partial charge in [0, 0.05) is 36.9 Å². The Hall–Kier alpha value is -3.13. The first-order valence-corrected chi connectivity index (χ1v) is 8.15. The third-order valence-corrected chi connectivity index (χ3v) is 4.14. The summed E-state index contributed by atoms with van der Waals surface area (Å²) in [6.45, 7) is 2.71. The van der Waals surface area contributed by atoms with E-state index in [2.05, 4.69) is 10.2 Å². The summed E-state index contributed by atoms with van der Waals surface area (Å²) in [5, 5.41) is 13.6. The normalized spacial score (nSPS) is 14.0. The van der Waals surface area contributed by atoms with E-state index < -0.39 is 4.92 Å². The summed E-state index contributed by atoms with van der Waals surface area (Å²) >= 11 is 0. The fraction of sp³-hybridized carbons (Fsp3) is 0.278. The highest BCUT2D eigenvalue weighted by atomic mass is 16.6. The Morgan fingerprint density at radius 1 is 1.19 bits per heavy atom. The number of nitro benzene ring substituents is 1. The second kappa shape index (κ2) is 7.83. The lowest BCUT2D eigenvalue weighted by atomic mass is 10.1. The first-order valence-electron chi connectivity index (χ1n) is 8.15. The van der Waals surface area contributed by atoms with E-state index in [1.807, 2.05) is 12.1 Å². The zero-order valence-corrected chi connectivity index (χ0v) is 14.3. The van der Waals surface area contributed by atoms with Gasteiger partial charge in [-0.1, -0.05) is 0 Å². The summed E-state index contributed by atoms with van der Waals surface area (Å²) in [6.07, 6.45) is 0. The molecule has 1 aliphatic heterocycles. The topological polar surface area (TPSA) is 93.9 Å². The number of nitrogens with one attached hydrogen (secondary N) is 1. The van der Waals surface area contributed by atoms with Crippen LogP contribution in [0.4, 0.5) is 17.1 Å². The molecule has 3 rings (SSSR count). The van der Waals surface area contributed by atoms with Crippen LogP contribution in [-0.2, 0) is 4.74 Å². The summed E-state index contributed by atoms with van der Waals surface area (Å²) in [5.74, 6) is 0.281. The molecule has 26 heavy (non-hydrogen) atoms. The summed E-state index contributed by atoms with van der Waals surface area (Å²) in [6, 6.07) is 11.0. The van der Waals surface area contributed by atoms with Crippen molar-refractivity contribution in [1.29, 1.82) is 0 Å². The van der Waals surface area contributed by atoms with Crippen LogP contribution in [0.3, 0.4) is 0 Å². The minimum Gasteiger partial charge on any atom is -0.497 e. The Balaban J connectivity index is 1.84. The summed E-state index contributed by atoms with van der Waals surface area (Å²) in [7, 11) is 1.56. The van der Waals surface area contributed by atoms with Crippen molar-refractivity contribution in [3.63, 3.8) is 0 Å². The maximum absolute atomic E-state index is 12.6. The lowest BCUT2D eigenvalue weighted by Gasteiger charge is -2.30. The van der Waals surface area contributed by atoms with Gasteiger partial charge in [0.25, 0.3) is 11.6 Å². The number of methoxy groups -OCH3 is 1. The number of non-ortho nitro benzene ring substituents is 1. The molecule has 2 aromatic rings. The Kier molecular flexibility index (Phi) is 5.33. The maximum atomic E-state index is 12.6. The highest BCUT2D eigenvalue weighted by Crippen LogP contribution is 2.31. The standard InChI is InChI=1S/C18H19N3O5/c1-25-15-6-7-17(20-8-10-26-11-9-20)16(12-15)19-18(22)13-2-4-14(5-3-13)21(23)24/h2-7,12H,8-11H2,1H3,(H,19,22). The molecule has 0 unspecified atom stereocenters. The van der Waals surface area contributed by atoms with Gasteiger partial charge in [-0.2, -0.15) is 0 Å². The monoisotopic (exact) mass is 357 g/mol. The second-order valence-electron chi connectivity index (χ2n) is 5.74. The molecule has 0 spiro atoms. The third-order valence-electron chi connectivity index (χ3n) is 4.14. The zero-order chi connectivity index (χ0) is 18.5. The molecule has 1 N–H and O–H groups in total. The van der Waals surface area contributed by atoms with E-state index >= 15 is 0 Å². The molecule has 0 saturated carbocycles. The predicted octanol–water partition coefficient (Wildman–Crippen LogP) is 2.69. The van der Waals surface area contributed by atoms with Crippen LogP contribution in [0, 0.1) is 10.1 Å². The maximum Gasteiger partial charge on any atom is 0.269 e. The van der Waals surface area contributed by atoms with Crippen molar-refractivity contribution in [2.45, 2.75) is 0 Å². The van der Waals surface area contributed by atoms with Crippen molar-refractivity contribution in [3.8, 4) is 5.75 Å². The summed E-state index contributed by atoms with van der Waals surface area (Å²) in [4.78, 5) is 24.9. The van der Waals surface area contributed by atoms with Crippen LogP contribution in [-0.4, -0.2) is 44.2 Å². The van der Waals surface area contributed by atoms with Gasteiger partial charge in [-0.25, -0.2) is 0 Å². The van der Waals surface area contributed by atoms with Gasteiger partial charge in [-0.3, -0.25) is 14.9 Å². The summed E-state index contributed by atoms with van der Waals surface area (Å²) < 4.78 is 10.6. The number of anilines is 2. The van der Waals surface area contributed by atoms with E-state index in [0.29, 0.717) is 30.2 Å². The number of morpholine rings is 1. The highest BCUT2D eigenvalue weighted by molar-refractivity contribution is 6.06. The van der Waals surface area contributed by atoms with Gasteiger partial charge >= 0.3 is 0 Å². The van der Waals surface area contributed by atoms with Crippen LogP contribution in [0.25, 0.3) is 0 Å². The van der Waals surface area contributed by atoms with E-state index in [0.717, 1.165) is 18.8 Å². The molecule has 0 atom stereocenters.